The fraction of sp³-hybridized carbons (Fsp3) is 0.400. The second-order valence-corrected chi connectivity index (χ2v) is 11.7. The summed E-state index contributed by atoms with van der Waals surface area (Å²) < 4.78 is 13.6. The maximum atomic E-state index is 13.6. The van der Waals surface area contributed by atoms with E-state index in [9.17, 15) is 23.6 Å². The van der Waals surface area contributed by atoms with Crippen molar-refractivity contribution in [2.75, 3.05) is 26.7 Å². The number of hydrogen-bond donors (Lipinski definition) is 4. The van der Waals surface area contributed by atoms with E-state index in [4.69, 9.17) is 43.6 Å². The zero-order chi connectivity index (χ0) is 32.1. The van der Waals surface area contributed by atoms with Crippen LogP contribution >= 0.6 is 23.2 Å². The quantitative estimate of drug-likeness (QED) is 0.313. The number of nitrogens with zero attached hydrogens (tertiary/aromatic N) is 2. The monoisotopic (exact) mass is 638 g/mol. The molecule has 0 radical (unpaired) electrons. The van der Waals surface area contributed by atoms with Crippen LogP contribution in [0.25, 0.3) is 0 Å². The van der Waals surface area contributed by atoms with Crippen LogP contribution in [0.1, 0.15) is 49.8 Å². The lowest BCUT2D eigenvalue weighted by atomic mass is 9.67. The molecule has 0 aliphatic carbocycles. The molecule has 0 aromatic heterocycles. The average Bonchev–Trinajstić information content (AvgIpc) is 3.30. The topological polar surface area (TPSA) is 156 Å². The van der Waals surface area contributed by atoms with Gasteiger partial charge in [-0.15, -0.1) is 0 Å². The molecule has 0 spiro atoms. The summed E-state index contributed by atoms with van der Waals surface area (Å²) >= 11 is 12.4. The summed E-state index contributed by atoms with van der Waals surface area (Å²) in [7, 11) is 2.09. The number of carboxylic acids is 3. The first-order chi connectivity index (χ1) is 20.1. The standard InChI is InChI=1S/C24H25Cl2FN2O.C6H8O7/c1-16(17-13-19(25)15-20(26)14-17)29-10-7-22(23(29)30)24(8-11-28(2)12-9-24)18-3-5-21(27)6-4-18;7-3(8)1-6(13,5(11)12)2-4(9)10/h3-7,13-16H,8-12H2,1-2H3;13H,1-2H2,(H,7,8)(H,9,10)(H,11,12). The Balaban J connectivity index is 0.000000331. The van der Waals surface area contributed by atoms with Crippen molar-refractivity contribution < 1.29 is 44.0 Å². The van der Waals surface area contributed by atoms with Gasteiger partial charge in [0.2, 0.25) is 0 Å². The number of halogens is 3. The fourth-order valence-corrected chi connectivity index (χ4v) is 5.98. The van der Waals surface area contributed by atoms with E-state index >= 15 is 0 Å². The molecule has 1 saturated heterocycles. The number of aliphatic hydroxyl groups is 1. The van der Waals surface area contributed by atoms with Crippen molar-refractivity contribution >= 4 is 47.0 Å². The van der Waals surface area contributed by atoms with Gasteiger partial charge in [-0.05, 0) is 81.4 Å². The highest BCUT2D eigenvalue weighted by molar-refractivity contribution is 6.34. The number of carboxylic acid groups (broad SMARTS) is 3. The lowest BCUT2D eigenvalue weighted by Crippen LogP contribution is -2.45. The maximum absolute atomic E-state index is 13.6. The number of piperidine rings is 1. The molecule has 0 bridgehead atoms. The second-order valence-electron chi connectivity index (χ2n) is 10.8. The average molecular weight is 640 g/mol. The van der Waals surface area contributed by atoms with Crippen LogP contribution in [-0.2, 0) is 24.6 Å². The first-order valence-corrected chi connectivity index (χ1v) is 14.1. The van der Waals surface area contributed by atoms with Crippen molar-refractivity contribution in [3.8, 4) is 0 Å². The molecule has 2 aromatic carbocycles. The summed E-state index contributed by atoms with van der Waals surface area (Å²) in [5.74, 6) is -5.25. The molecule has 0 saturated carbocycles. The van der Waals surface area contributed by atoms with Gasteiger partial charge in [-0.3, -0.25) is 14.4 Å². The van der Waals surface area contributed by atoms with Crippen LogP contribution in [0.4, 0.5) is 4.39 Å². The van der Waals surface area contributed by atoms with E-state index in [2.05, 4.69) is 18.0 Å². The zero-order valence-corrected chi connectivity index (χ0v) is 25.1. The van der Waals surface area contributed by atoms with Crippen molar-refractivity contribution in [2.24, 2.45) is 0 Å². The van der Waals surface area contributed by atoms with Crippen LogP contribution < -0.4 is 0 Å². The largest absolute Gasteiger partial charge is 0.481 e. The van der Waals surface area contributed by atoms with E-state index in [1.54, 1.807) is 6.07 Å². The lowest BCUT2D eigenvalue weighted by Gasteiger charge is -2.42. The highest BCUT2D eigenvalue weighted by Crippen LogP contribution is 2.45. The smallest absolute Gasteiger partial charge is 0.336 e. The fourth-order valence-electron chi connectivity index (χ4n) is 5.44. The van der Waals surface area contributed by atoms with E-state index in [0.717, 1.165) is 42.6 Å². The number of aliphatic carboxylic acids is 3. The van der Waals surface area contributed by atoms with E-state index in [-0.39, 0.29) is 17.8 Å². The van der Waals surface area contributed by atoms with Crippen molar-refractivity contribution in [1.82, 2.24) is 9.80 Å². The predicted octanol–water partition coefficient (Wildman–Crippen LogP) is 4.38. The molecule has 1 unspecified atom stereocenters. The molecule has 1 atom stereocenters. The highest BCUT2D eigenvalue weighted by atomic mass is 35.5. The van der Waals surface area contributed by atoms with Crippen LogP contribution in [0.3, 0.4) is 0 Å². The van der Waals surface area contributed by atoms with Gasteiger partial charge in [-0.1, -0.05) is 41.4 Å². The van der Waals surface area contributed by atoms with Crippen LogP contribution in [0.15, 0.2) is 54.1 Å². The van der Waals surface area contributed by atoms with Crippen molar-refractivity contribution in [3.05, 3.63) is 81.1 Å². The van der Waals surface area contributed by atoms with Crippen LogP contribution in [0.5, 0.6) is 0 Å². The van der Waals surface area contributed by atoms with Crippen LogP contribution in [-0.4, -0.2) is 86.3 Å². The van der Waals surface area contributed by atoms with Crippen molar-refractivity contribution in [3.63, 3.8) is 0 Å². The Morgan fingerprint density at radius 3 is 1.95 bits per heavy atom. The molecule has 232 valence electrons. The summed E-state index contributed by atoms with van der Waals surface area (Å²) in [6, 6.07) is 11.9. The molecular formula is C30H33Cl2FN2O8. The van der Waals surface area contributed by atoms with Crippen molar-refractivity contribution in [1.29, 1.82) is 0 Å². The normalized spacial score (nSPS) is 17.5. The minimum absolute atomic E-state index is 0.0347. The first-order valence-electron chi connectivity index (χ1n) is 13.4. The molecule has 43 heavy (non-hydrogen) atoms. The summed E-state index contributed by atoms with van der Waals surface area (Å²) in [5.41, 5.74) is -0.385. The Kier molecular flexibility index (Phi) is 10.9. The molecule has 1 amide bonds. The van der Waals surface area contributed by atoms with Gasteiger partial charge in [0.1, 0.15) is 5.82 Å². The van der Waals surface area contributed by atoms with Gasteiger partial charge in [-0.25, -0.2) is 9.18 Å². The molecule has 10 nitrogen and oxygen atoms in total. The lowest BCUT2D eigenvalue weighted by molar-refractivity contribution is -0.170. The summed E-state index contributed by atoms with van der Waals surface area (Å²) in [4.78, 5) is 48.2. The van der Waals surface area contributed by atoms with E-state index in [0.29, 0.717) is 16.6 Å². The third kappa shape index (κ3) is 8.11. The number of carbonyl (C=O) groups excluding carboxylic acids is 1. The number of hydrogen-bond acceptors (Lipinski definition) is 6. The Morgan fingerprint density at radius 1 is 0.977 bits per heavy atom. The summed E-state index contributed by atoms with van der Waals surface area (Å²) in [6.07, 6.45) is 1.43. The Hall–Kier alpha value is -3.51. The van der Waals surface area contributed by atoms with Crippen LogP contribution in [0.2, 0.25) is 10.0 Å². The Bertz CT molecular complexity index is 1370. The molecule has 2 aliphatic rings. The third-order valence-corrected chi connectivity index (χ3v) is 8.29. The maximum Gasteiger partial charge on any atom is 0.336 e. The molecule has 4 N–H and O–H groups in total. The number of carbonyl (C=O) groups is 4. The Labute approximate surface area is 257 Å². The van der Waals surface area contributed by atoms with E-state index in [1.807, 2.05) is 36.1 Å². The van der Waals surface area contributed by atoms with Gasteiger partial charge >= 0.3 is 17.9 Å². The molecule has 2 aromatic rings. The minimum atomic E-state index is -2.74. The molecule has 4 rings (SSSR count). The van der Waals surface area contributed by atoms with E-state index in [1.165, 1.54) is 12.1 Å². The Morgan fingerprint density at radius 2 is 1.49 bits per heavy atom. The molecule has 13 heteroatoms. The van der Waals surface area contributed by atoms with Gasteiger partial charge in [0.15, 0.2) is 5.60 Å². The molecule has 2 heterocycles. The second kappa shape index (κ2) is 13.9. The van der Waals surface area contributed by atoms with E-state index < -0.39 is 41.8 Å². The SMILES string of the molecule is CC(c1cc(Cl)cc(Cl)c1)N1CC=C(C2(c3ccc(F)cc3)CCN(C)CC2)C1=O.O=C(O)CC(O)(CC(=O)O)C(=O)O. The van der Waals surface area contributed by atoms with Gasteiger partial charge in [0, 0.05) is 27.6 Å². The number of likely N-dealkylation sites (tertiary alicyclic amines) is 1. The summed E-state index contributed by atoms with van der Waals surface area (Å²) in [6.45, 7) is 4.32. The predicted molar refractivity (Wildman–Crippen MR) is 157 cm³/mol. The first kappa shape index (κ1) is 34.0. The van der Waals surface area contributed by atoms with Gasteiger partial charge in [0.05, 0.1) is 18.9 Å². The summed E-state index contributed by atoms with van der Waals surface area (Å²) in [5, 5.41) is 34.9. The molecule has 1 fully saturated rings. The van der Waals surface area contributed by atoms with Gasteiger partial charge < -0.3 is 30.2 Å². The third-order valence-electron chi connectivity index (χ3n) is 7.86. The number of benzene rings is 2. The molecular weight excluding hydrogens is 606 g/mol. The van der Waals surface area contributed by atoms with Crippen molar-refractivity contribution in [2.45, 2.75) is 49.7 Å². The number of rotatable bonds is 9. The van der Waals surface area contributed by atoms with Crippen LogP contribution in [0, 0.1) is 5.82 Å². The number of amides is 1. The van der Waals surface area contributed by atoms with Gasteiger partial charge in [0.25, 0.3) is 5.91 Å². The minimum Gasteiger partial charge on any atom is -0.481 e. The highest BCUT2D eigenvalue weighted by Gasteiger charge is 2.45. The van der Waals surface area contributed by atoms with Gasteiger partial charge in [-0.2, -0.15) is 0 Å². The zero-order valence-electron chi connectivity index (χ0n) is 23.6. The molecule has 2 aliphatic heterocycles.